The molecule has 1 amide bonds. The molecule has 0 aliphatic carbocycles. The number of rotatable bonds is 5. The Morgan fingerprint density at radius 1 is 1.32 bits per heavy atom. The number of carbonyl (C=O) groups excluding carboxylic acids is 1. The van der Waals surface area contributed by atoms with E-state index in [4.69, 9.17) is 0 Å². The molecule has 1 aromatic heterocycles. The van der Waals surface area contributed by atoms with Crippen LogP contribution in [-0.2, 0) is 11.3 Å². The van der Waals surface area contributed by atoms with E-state index in [1.807, 2.05) is 13.0 Å². The Hall–Kier alpha value is -1.72. The SMILES string of the molecule is Cc1ccc(CNCC(=O)Nc2cccc(F)c2)s1. The highest BCUT2D eigenvalue weighted by atomic mass is 32.1. The van der Waals surface area contributed by atoms with Gasteiger partial charge < -0.3 is 10.6 Å². The molecule has 2 N–H and O–H groups in total. The molecule has 3 nitrogen and oxygen atoms in total. The van der Waals surface area contributed by atoms with Crippen LogP contribution in [0.3, 0.4) is 0 Å². The summed E-state index contributed by atoms with van der Waals surface area (Å²) in [7, 11) is 0. The summed E-state index contributed by atoms with van der Waals surface area (Å²) in [4.78, 5) is 14.1. The van der Waals surface area contributed by atoms with Crippen molar-refractivity contribution >= 4 is 22.9 Å². The number of benzene rings is 1. The minimum Gasteiger partial charge on any atom is -0.325 e. The average molecular weight is 278 g/mol. The van der Waals surface area contributed by atoms with Crippen molar-refractivity contribution in [1.82, 2.24) is 5.32 Å². The number of halogens is 1. The zero-order valence-corrected chi connectivity index (χ0v) is 11.4. The summed E-state index contributed by atoms with van der Waals surface area (Å²) in [6, 6.07) is 9.94. The number of hydrogen-bond acceptors (Lipinski definition) is 3. The van der Waals surface area contributed by atoms with Crippen molar-refractivity contribution in [3.63, 3.8) is 0 Å². The fraction of sp³-hybridized carbons (Fsp3) is 0.214. The van der Waals surface area contributed by atoms with Crippen LogP contribution in [0.5, 0.6) is 0 Å². The van der Waals surface area contributed by atoms with Crippen molar-refractivity contribution < 1.29 is 9.18 Å². The first-order chi connectivity index (χ1) is 9.13. The summed E-state index contributed by atoms with van der Waals surface area (Å²) in [6.07, 6.45) is 0. The lowest BCUT2D eigenvalue weighted by Gasteiger charge is -2.06. The maximum absolute atomic E-state index is 12.9. The van der Waals surface area contributed by atoms with E-state index in [0.717, 1.165) is 0 Å². The Morgan fingerprint density at radius 3 is 2.84 bits per heavy atom. The number of aryl methyl sites for hydroxylation is 1. The van der Waals surface area contributed by atoms with E-state index in [9.17, 15) is 9.18 Å². The summed E-state index contributed by atoms with van der Waals surface area (Å²) in [6.45, 7) is 2.91. The van der Waals surface area contributed by atoms with Crippen LogP contribution in [0.2, 0.25) is 0 Å². The molecule has 2 rings (SSSR count). The van der Waals surface area contributed by atoms with Gasteiger partial charge in [-0.25, -0.2) is 4.39 Å². The topological polar surface area (TPSA) is 41.1 Å². The van der Waals surface area contributed by atoms with Crippen LogP contribution in [0.4, 0.5) is 10.1 Å². The van der Waals surface area contributed by atoms with Crippen molar-refractivity contribution in [1.29, 1.82) is 0 Å². The van der Waals surface area contributed by atoms with Crippen LogP contribution in [0, 0.1) is 12.7 Å². The highest BCUT2D eigenvalue weighted by Gasteiger charge is 2.03. The van der Waals surface area contributed by atoms with Crippen LogP contribution < -0.4 is 10.6 Å². The van der Waals surface area contributed by atoms with Gasteiger partial charge in [-0.15, -0.1) is 11.3 Å². The number of nitrogens with one attached hydrogen (secondary N) is 2. The molecule has 0 aliphatic rings. The van der Waals surface area contributed by atoms with Crippen LogP contribution in [0.25, 0.3) is 0 Å². The van der Waals surface area contributed by atoms with Crippen molar-refractivity contribution in [2.24, 2.45) is 0 Å². The molecule has 1 aromatic carbocycles. The van der Waals surface area contributed by atoms with Gasteiger partial charge in [-0.1, -0.05) is 6.07 Å². The summed E-state index contributed by atoms with van der Waals surface area (Å²) in [5, 5.41) is 5.69. The Morgan fingerprint density at radius 2 is 2.16 bits per heavy atom. The maximum atomic E-state index is 12.9. The quantitative estimate of drug-likeness (QED) is 0.883. The standard InChI is InChI=1S/C14H15FN2OS/c1-10-5-6-13(19-10)8-16-9-14(18)17-12-4-2-3-11(15)7-12/h2-7,16H,8-9H2,1H3,(H,17,18). The monoisotopic (exact) mass is 278 g/mol. The minimum atomic E-state index is -0.361. The first kappa shape index (κ1) is 13.7. The molecule has 0 saturated heterocycles. The Balaban J connectivity index is 1.76. The molecule has 1 heterocycles. The van der Waals surface area contributed by atoms with E-state index in [0.29, 0.717) is 12.2 Å². The lowest BCUT2D eigenvalue weighted by Crippen LogP contribution is -2.27. The molecular weight excluding hydrogens is 263 g/mol. The zero-order valence-electron chi connectivity index (χ0n) is 10.6. The maximum Gasteiger partial charge on any atom is 0.238 e. The minimum absolute atomic E-state index is 0.182. The average Bonchev–Trinajstić information content (AvgIpc) is 2.75. The van der Waals surface area contributed by atoms with E-state index in [1.165, 1.54) is 21.9 Å². The third-order valence-corrected chi connectivity index (χ3v) is 3.49. The first-order valence-electron chi connectivity index (χ1n) is 5.95. The van der Waals surface area contributed by atoms with Crippen LogP contribution in [0.1, 0.15) is 9.75 Å². The summed E-state index contributed by atoms with van der Waals surface area (Å²) < 4.78 is 12.9. The number of thiophene rings is 1. The highest BCUT2D eigenvalue weighted by molar-refractivity contribution is 7.11. The number of amides is 1. The van der Waals surface area contributed by atoms with Crippen LogP contribution in [-0.4, -0.2) is 12.5 Å². The van der Waals surface area contributed by atoms with Gasteiger partial charge in [0, 0.05) is 22.0 Å². The third kappa shape index (κ3) is 4.46. The molecule has 0 radical (unpaired) electrons. The molecule has 0 bridgehead atoms. The van der Waals surface area contributed by atoms with Gasteiger partial charge in [0.25, 0.3) is 0 Å². The molecule has 100 valence electrons. The third-order valence-electron chi connectivity index (χ3n) is 2.49. The van der Waals surface area contributed by atoms with Crippen molar-refractivity contribution in [2.75, 3.05) is 11.9 Å². The fourth-order valence-electron chi connectivity index (χ4n) is 1.65. The fourth-order valence-corrected chi connectivity index (χ4v) is 2.51. The first-order valence-corrected chi connectivity index (χ1v) is 6.76. The van der Waals surface area contributed by atoms with Gasteiger partial charge in [-0.3, -0.25) is 4.79 Å². The van der Waals surface area contributed by atoms with Gasteiger partial charge in [0.2, 0.25) is 5.91 Å². The largest absolute Gasteiger partial charge is 0.325 e. The predicted octanol–water partition coefficient (Wildman–Crippen LogP) is 2.92. The van der Waals surface area contributed by atoms with Crippen LogP contribution in [0.15, 0.2) is 36.4 Å². The van der Waals surface area contributed by atoms with Gasteiger partial charge in [-0.05, 0) is 37.3 Å². The summed E-state index contributed by atoms with van der Waals surface area (Å²) in [5.41, 5.74) is 0.471. The molecule has 0 aliphatic heterocycles. The van der Waals surface area contributed by atoms with E-state index < -0.39 is 0 Å². The summed E-state index contributed by atoms with van der Waals surface area (Å²) >= 11 is 1.70. The van der Waals surface area contributed by atoms with E-state index in [1.54, 1.807) is 23.5 Å². The Labute approximate surface area is 115 Å². The van der Waals surface area contributed by atoms with Gasteiger partial charge in [0.1, 0.15) is 5.82 Å². The van der Waals surface area contributed by atoms with Crippen molar-refractivity contribution in [2.45, 2.75) is 13.5 Å². The van der Waals surface area contributed by atoms with Gasteiger partial charge >= 0.3 is 0 Å². The molecule has 5 heteroatoms. The lowest BCUT2D eigenvalue weighted by atomic mass is 10.3. The normalized spacial score (nSPS) is 10.4. The van der Waals surface area contributed by atoms with Gasteiger partial charge in [0.05, 0.1) is 6.54 Å². The second-order valence-electron chi connectivity index (χ2n) is 4.17. The van der Waals surface area contributed by atoms with E-state index >= 15 is 0 Å². The van der Waals surface area contributed by atoms with Gasteiger partial charge in [0.15, 0.2) is 0 Å². The molecule has 19 heavy (non-hydrogen) atoms. The van der Waals surface area contributed by atoms with E-state index in [-0.39, 0.29) is 18.3 Å². The molecular formula is C14H15FN2OS. The molecule has 0 atom stereocenters. The number of anilines is 1. The second kappa shape index (κ2) is 6.45. The number of carbonyl (C=O) groups is 1. The number of hydrogen-bond donors (Lipinski definition) is 2. The summed E-state index contributed by atoms with van der Waals surface area (Å²) in [5.74, 6) is -0.543. The van der Waals surface area contributed by atoms with E-state index in [2.05, 4.69) is 16.7 Å². The van der Waals surface area contributed by atoms with Crippen molar-refractivity contribution in [3.8, 4) is 0 Å². The smallest absolute Gasteiger partial charge is 0.238 e. The predicted molar refractivity (Wildman–Crippen MR) is 75.8 cm³/mol. The van der Waals surface area contributed by atoms with Crippen LogP contribution >= 0.6 is 11.3 Å². The van der Waals surface area contributed by atoms with Crippen molar-refractivity contribution in [3.05, 3.63) is 52.0 Å². The second-order valence-corrected chi connectivity index (χ2v) is 5.55. The zero-order chi connectivity index (χ0) is 13.7. The van der Waals surface area contributed by atoms with Gasteiger partial charge in [-0.2, -0.15) is 0 Å². The lowest BCUT2D eigenvalue weighted by molar-refractivity contribution is -0.115. The molecule has 0 fully saturated rings. The molecule has 0 spiro atoms. The highest BCUT2D eigenvalue weighted by Crippen LogP contribution is 2.14. The molecule has 2 aromatic rings. The molecule has 0 saturated carbocycles. The Bertz CT molecular complexity index is 568. The Kier molecular flexibility index (Phi) is 4.65. The molecule has 0 unspecified atom stereocenters.